The number of amides is 1. The number of halogens is 3. The van der Waals surface area contributed by atoms with Gasteiger partial charge in [0.1, 0.15) is 12.4 Å². The van der Waals surface area contributed by atoms with Crippen molar-refractivity contribution in [3.05, 3.63) is 65.7 Å². The van der Waals surface area contributed by atoms with E-state index >= 15 is 0 Å². The second-order valence-electron chi connectivity index (χ2n) is 10.3. The van der Waals surface area contributed by atoms with Crippen LogP contribution in [-0.4, -0.2) is 60.8 Å². The molecule has 1 heterocycles. The van der Waals surface area contributed by atoms with Gasteiger partial charge in [-0.1, -0.05) is 56.3 Å². The van der Waals surface area contributed by atoms with Crippen LogP contribution in [0.15, 0.2) is 54.6 Å². The number of esters is 3. The fourth-order valence-corrected chi connectivity index (χ4v) is 5.09. The first kappa shape index (κ1) is 31.4. The lowest BCUT2D eigenvalue weighted by Gasteiger charge is -2.40. The van der Waals surface area contributed by atoms with Crippen LogP contribution in [0, 0.1) is 11.3 Å². The molecule has 41 heavy (non-hydrogen) atoms. The number of methoxy groups -OCH3 is 2. The zero-order valence-electron chi connectivity index (χ0n) is 23.3. The van der Waals surface area contributed by atoms with Gasteiger partial charge in [0, 0.05) is 6.54 Å². The molecule has 0 aliphatic carbocycles. The molecule has 1 aliphatic rings. The summed E-state index contributed by atoms with van der Waals surface area (Å²) >= 11 is 0. The second-order valence-corrected chi connectivity index (χ2v) is 10.3. The zero-order valence-corrected chi connectivity index (χ0v) is 23.3. The van der Waals surface area contributed by atoms with Gasteiger partial charge in [-0.15, -0.1) is 0 Å². The van der Waals surface area contributed by atoms with Crippen LogP contribution in [-0.2, 0) is 46.5 Å². The molecule has 0 unspecified atom stereocenters. The fraction of sp³-hybridized carbons (Fsp3) is 0.448. The van der Waals surface area contributed by atoms with Gasteiger partial charge in [-0.2, -0.15) is 13.2 Å². The van der Waals surface area contributed by atoms with E-state index in [2.05, 4.69) is 0 Å². The summed E-state index contributed by atoms with van der Waals surface area (Å²) in [5.74, 6) is -6.07. The van der Waals surface area contributed by atoms with E-state index in [1.807, 2.05) is 0 Å². The molecule has 1 fully saturated rings. The van der Waals surface area contributed by atoms with Crippen LogP contribution < -0.4 is 4.74 Å². The van der Waals surface area contributed by atoms with Gasteiger partial charge in [0.15, 0.2) is 17.1 Å². The number of carbonyl (C=O) groups excluding carboxylic acids is 4. The lowest BCUT2D eigenvalue weighted by molar-refractivity contribution is -0.216. The number of rotatable bonds is 10. The summed E-state index contributed by atoms with van der Waals surface area (Å²) in [4.78, 5) is 54.6. The SMILES string of the molecule is COC(=O)[C@]1(CC(C)C)[C@H](OC(=O)C(F)(F)F)[C@@](C)(C(=O)OCc2ccccc2)C(=O)N1Cc1ccc(OC)cc1. The highest BCUT2D eigenvalue weighted by Gasteiger charge is 2.74. The minimum Gasteiger partial charge on any atom is -0.497 e. The van der Waals surface area contributed by atoms with Gasteiger partial charge in [-0.25, -0.2) is 9.59 Å². The first-order valence-corrected chi connectivity index (χ1v) is 12.7. The van der Waals surface area contributed by atoms with Crippen molar-refractivity contribution >= 4 is 23.8 Å². The van der Waals surface area contributed by atoms with E-state index in [-0.39, 0.29) is 19.6 Å². The third kappa shape index (κ3) is 6.15. The van der Waals surface area contributed by atoms with Gasteiger partial charge in [0.25, 0.3) is 0 Å². The summed E-state index contributed by atoms with van der Waals surface area (Å²) in [5.41, 5.74) is -3.85. The molecule has 2 aromatic rings. The van der Waals surface area contributed by atoms with Crippen LogP contribution >= 0.6 is 0 Å². The Morgan fingerprint density at radius 3 is 2.07 bits per heavy atom. The Kier molecular flexibility index (Phi) is 9.35. The zero-order chi connectivity index (χ0) is 30.6. The quantitative estimate of drug-likeness (QED) is 0.234. The lowest BCUT2D eigenvalue weighted by Crippen LogP contribution is -2.61. The predicted octanol–water partition coefficient (Wildman–Crippen LogP) is 4.22. The van der Waals surface area contributed by atoms with Crippen LogP contribution in [0.3, 0.4) is 0 Å². The van der Waals surface area contributed by atoms with Crippen molar-refractivity contribution in [1.82, 2.24) is 4.90 Å². The number of likely N-dealkylation sites (tertiary alicyclic amines) is 1. The molecule has 3 rings (SSSR count). The molecule has 0 bridgehead atoms. The Morgan fingerprint density at radius 2 is 1.56 bits per heavy atom. The number of alkyl halides is 3. The summed E-state index contributed by atoms with van der Waals surface area (Å²) in [6, 6.07) is 14.7. The van der Waals surface area contributed by atoms with Crippen LogP contribution in [0.25, 0.3) is 0 Å². The Balaban J connectivity index is 2.21. The van der Waals surface area contributed by atoms with Crippen molar-refractivity contribution in [3.8, 4) is 5.75 Å². The van der Waals surface area contributed by atoms with E-state index in [0.717, 1.165) is 18.9 Å². The lowest BCUT2D eigenvalue weighted by atomic mass is 9.74. The number of benzene rings is 2. The molecule has 1 aliphatic heterocycles. The van der Waals surface area contributed by atoms with E-state index in [1.165, 1.54) is 7.11 Å². The molecule has 0 saturated carbocycles. The first-order chi connectivity index (χ1) is 19.2. The van der Waals surface area contributed by atoms with Gasteiger partial charge in [-0.05, 0) is 42.5 Å². The van der Waals surface area contributed by atoms with Crippen molar-refractivity contribution in [1.29, 1.82) is 0 Å². The van der Waals surface area contributed by atoms with Gasteiger partial charge in [-0.3, -0.25) is 9.59 Å². The Labute approximate surface area is 235 Å². The standard InChI is InChI=1S/C29H32F3NO8/c1-18(2)15-28(25(36)39-5)22(41-26(37)29(30,31)32)27(3,24(35)40-17-20-9-7-6-8-10-20)23(34)33(28)16-19-11-13-21(38-4)14-12-19/h6-14,18,22H,15-17H2,1-5H3/t22-,27-,28+/m1/s1. The van der Waals surface area contributed by atoms with Crippen molar-refractivity contribution in [2.75, 3.05) is 14.2 Å². The summed E-state index contributed by atoms with van der Waals surface area (Å²) in [5, 5.41) is 0. The topological polar surface area (TPSA) is 108 Å². The number of nitrogens with zero attached hydrogens (tertiary/aromatic N) is 1. The average Bonchev–Trinajstić information content (AvgIpc) is 3.11. The Bertz CT molecular complexity index is 1270. The third-order valence-corrected chi connectivity index (χ3v) is 6.98. The molecule has 0 spiro atoms. The highest BCUT2D eigenvalue weighted by atomic mass is 19.4. The maximum absolute atomic E-state index is 14.2. The summed E-state index contributed by atoms with van der Waals surface area (Å²) in [7, 11) is 2.45. The molecular weight excluding hydrogens is 547 g/mol. The molecule has 1 amide bonds. The minimum atomic E-state index is -5.49. The number of hydrogen-bond acceptors (Lipinski definition) is 8. The van der Waals surface area contributed by atoms with Gasteiger partial charge in [0.05, 0.1) is 14.2 Å². The van der Waals surface area contributed by atoms with E-state index in [4.69, 9.17) is 18.9 Å². The second kappa shape index (κ2) is 12.2. The highest BCUT2D eigenvalue weighted by molar-refractivity contribution is 6.09. The number of hydrogen-bond donors (Lipinski definition) is 0. The molecule has 3 atom stereocenters. The molecule has 2 aromatic carbocycles. The Morgan fingerprint density at radius 1 is 0.951 bits per heavy atom. The van der Waals surface area contributed by atoms with Crippen LogP contribution in [0.1, 0.15) is 38.3 Å². The molecule has 0 N–H and O–H groups in total. The van der Waals surface area contributed by atoms with Crippen molar-refractivity contribution in [3.63, 3.8) is 0 Å². The van der Waals surface area contributed by atoms with E-state index in [9.17, 15) is 32.3 Å². The molecule has 222 valence electrons. The first-order valence-electron chi connectivity index (χ1n) is 12.7. The van der Waals surface area contributed by atoms with Crippen LogP contribution in [0.2, 0.25) is 0 Å². The normalized spacial score (nSPS) is 22.4. The van der Waals surface area contributed by atoms with Crippen LogP contribution in [0.5, 0.6) is 5.75 Å². The third-order valence-electron chi connectivity index (χ3n) is 6.98. The molecule has 9 nitrogen and oxygen atoms in total. The van der Waals surface area contributed by atoms with Crippen molar-refractivity contribution < 1.29 is 51.3 Å². The molecule has 12 heteroatoms. The maximum atomic E-state index is 14.2. The van der Waals surface area contributed by atoms with E-state index in [1.54, 1.807) is 68.4 Å². The van der Waals surface area contributed by atoms with E-state index < -0.39 is 53.0 Å². The van der Waals surface area contributed by atoms with Crippen molar-refractivity contribution in [2.24, 2.45) is 11.3 Å². The fourth-order valence-electron chi connectivity index (χ4n) is 5.09. The van der Waals surface area contributed by atoms with Gasteiger partial charge >= 0.3 is 24.1 Å². The molecule has 0 radical (unpaired) electrons. The molecule has 0 aromatic heterocycles. The molecule has 1 saturated heterocycles. The summed E-state index contributed by atoms with van der Waals surface area (Å²) in [6.07, 6.45) is -8.02. The Hall–Kier alpha value is -4.09. The van der Waals surface area contributed by atoms with Crippen LogP contribution in [0.4, 0.5) is 13.2 Å². The maximum Gasteiger partial charge on any atom is 0.490 e. The highest BCUT2D eigenvalue weighted by Crippen LogP contribution is 2.50. The average molecular weight is 580 g/mol. The smallest absolute Gasteiger partial charge is 0.490 e. The van der Waals surface area contributed by atoms with Gasteiger partial charge < -0.3 is 23.8 Å². The largest absolute Gasteiger partial charge is 0.497 e. The summed E-state index contributed by atoms with van der Waals surface area (Å²) < 4.78 is 61.0. The predicted molar refractivity (Wildman–Crippen MR) is 138 cm³/mol. The minimum absolute atomic E-state index is 0.293. The van der Waals surface area contributed by atoms with Gasteiger partial charge in [0.2, 0.25) is 5.91 Å². The number of ether oxygens (including phenoxy) is 4. The summed E-state index contributed by atoms with van der Waals surface area (Å²) in [6.45, 7) is 3.69. The van der Waals surface area contributed by atoms with E-state index in [0.29, 0.717) is 16.9 Å². The number of carbonyl (C=O) groups is 4. The monoisotopic (exact) mass is 579 g/mol. The van der Waals surface area contributed by atoms with Crippen molar-refractivity contribution in [2.45, 2.75) is 58.2 Å². The molecular formula is C29H32F3NO8.